The zero-order chi connectivity index (χ0) is 22.0. The number of amides is 2. The van der Waals surface area contributed by atoms with Crippen LogP contribution in [0.15, 0.2) is 54.2 Å². The van der Waals surface area contributed by atoms with E-state index in [9.17, 15) is 9.59 Å². The lowest BCUT2D eigenvalue weighted by Crippen LogP contribution is -2.37. The molecule has 1 saturated heterocycles. The number of piperidine rings is 1. The molecule has 4 rings (SSSR count). The summed E-state index contributed by atoms with van der Waals surface area (Å²) in [6.45, 7) is 5.38. The molecule has 0 radical (unpaired) electrons. The smallest absolute Gasteiger partial charge is 0.282 e. The average Bonchev–Trinajstić information content (AvgIpc) is 3.04. The number of anilines is 1. The van der Waals surface area contributed by atoms with Gasteiger partial charge in [0.15, 0.2) is 0 Å². The van der Waals surface area contributed by atoms with Crippen LogP contribution in [0.1, 0.15) is 38.7 Å². The lowest BCUT2D eigenvalue weighted by molar-refractivity contribution is -0.120. The molecule has 0 aliphatic carbocycles. The maximum absolute atomic E-state index is 13.7. The number of hydrogen-bond acceptors (Lipinski definition) is 5. The van der Waals surface area contributed by atoms with Gasteiger partial charge >= 0.3 is 0 Å². The standard InChI is InChI=1S/C25H28N2O4/c1-17(2)31-21-10-6-5-9-20(21)27-24(28)22(18-11-13-19(30-3)14-12-18)23(25(27)29)26-15-7-4-8-16-26/h5-6,9-14,17H,4,7-8,15-16H2,1-3H3. The van der Waals surface area contributed by atoms with Gasteiger partial charge in [-0.25, -0.2) is 4.90 Å². The molecule has 0 aromatic heterocycles. The quantitative estimate of drug-likeness (QED) is 0.654. The second-order valence-corrected chi connectivity index (χ2v) is 8.08. The highest BCUT2D eigenvalue weighted by Gasteiger charge is 2.43. The number of imide groups is 1. The molecule has 0 bridgehead atoms. The minimum Gasteiger partial charge on any atom is -0.497 e. The predicted octanol–water partition coefficient (Wildman–Crippen LogP) is 4.25. The van der Waals surface area contributed by atoms with Gasteiger partial charge in [0.1, 0.15) is 17.2 Å². The molecule has 2 amide bonds. The molecule has 6 heteroatoms. The Morgan fingerprint density at radius 3 is 2.19 bits per heavy atom. The Kier molecular flexibility index (Phi) is 5.98. The van der Waals surface area contributed by atoms with Gasteiger partial charge in [0, 0.05) is 13.1 Å². The lowest BCUT2D eigenvalue weighted by Gasteiger charge is -2.29. The van der Waals surface area contributed by atoms with Gasteiger partial charge in [0.05, 0.1) is 24.5 Å². The molecule has 0 saturated carbocycles. The minimum absolute atomic E-state index is 0.0791. The van der Waals surface area contributed by atoms with E-state index < -0.39 is 0 Å². The van der Waals surface area contributed by atoms with Gasteiger partial charge in [-0.1, -0.05) is 24.3 Å². The van der Waals surface area contributed by atoms with Crippen LogP contribution in [0.2, 0.25) is 0 Å². The summed E-state index contributed by atoms with van der Waals surface area (Å²) < 4.78 is 11.2. The summed E-state index contributed by atoms with van der Waals surface area (Å²) in [5.41, 5.74) is 2.11. The molecule has 31 heavy (non-hydrogen) atoms. The Bertz CT molecular complexity index is 1000. The Balaban J connectivity index is 1.81. The molecule has 2 aromatic carbocycles. The predicted molar refractivity (Wildman–Crippen MR) is 120 cm³/mol. The first-order chi connectivity index (χ1) is 15.0. The van der Waals surface area contributed by atoms with E-state index in [2.05, 4.69) is 4.90 Å². The first-order valence-corrected chi connectivity index (χ1v) is 10.8. The third-order valence-electron chi connectivity index (χ3n) is 5.58. The molecule has 2 aromatic rings. The van der Waals surface area contributed by atoms with Crippen molar-refractivity contribution >= 4 is 23.1 Å². The van der Waals surface area contributed by atoms with Crippen LogP contribution in [0.5, 0.6) is 11.5 Å². The highest BCUT2D eigenvalue weighted by atomic mass is 16.5. The maximum atomic E-state index is 13.7. The Morgan fingerprint density at radius 1 is 0.871 bits per heavy atom. The fourth-order valence-electron chi connectivity index (χ4n) is 4.16. The Labute approximate surface area is 183 Å². The maximum Gasteiger partial charge on any atom is 0.282 e. The van der Waals surface area contributed by atoms with Gasteiger partial charge in [-0.15, -0.1) is 0 Å². The molecule has 2 aliphatic heterocycles. The summed E-state index contributed by atoms with van der Waals surface area (Å²) in [7, 11) is 1.60. The summed E-state index contributed by atoms with van der Waals surface area (Å²) in [5.74, 6) is 0.606. The van der Waals surface area contributed by atoms with Crippen molar-refractivity contribution in [3.63, 3.8) is 0 Å². The zero-order valence-corrected chi connectivity index (χ0v) is 18.3. The van der Waals surface area contributed by atoms with Gasteiger partial charge in [-0.3, -0.25) is 9.59 Å². The van der Waals surface area contributed by atoms with Gasteiger partial charge < -0.3 is 14.4 Å². The van der Waals surface area contributed by atoms with Gasteiger partial charge in [-0.05, 0) is 62.9 Å². The highest BCUT2D eigenvalue weighted by Crippen LogP contribution is 2.39. The van der Waals surface area contributed by atoms with E-state index in [-0.39, 0.29) is 17.9 Å². The van der Waals surface area contributed by atoms with Crippen LogP contribution >= 0.6 is 0 Å². The summed E-state index contributed by atoms with van der Waals surface area (Å²) in [4.78, 5) is 30.7. The second kappa shape index (κ2) is 8.84. The van der Waals surface area contributed by atoms with Crippen molar-refractivity contribution in [2.45, 2.75) is 39.2 Å². The fourth-order valence-corrected chi connectivity index (χ4v) is 4.16. The van der Waals surface area contributed by atoms with Crippen LogP contribution < -0.4 is 14.4 Å². The number of hydrogen-bond donors (Lipinski definition) is 0. The third kappa shape index (κ3) is 4.02. The second-order valence-electron chi connectivity index (χ2n) is 8.08. The average molecular weight is 421 g/mol. The largest absolute Gasteiger partial charge is 0.497 e. The number of carbonyl (C=O) groups is 2. The molecule has 0 spiro atoms. The van der Waals surface area contributed by atoms with E-state index in [1.807, 2.05) is 50.2 Å². The zero-order valence-electron chi connectivity index (χ0n) is 18.3. The monoisotopic (exact) mass is 420 g/mol. The van der Waals surface area contributed by atoms with E-state index in [0.717, 1.165) is 32.4 Å². The number of nitrogens with zero attached hydrogens (tertiary/aromatic N) is 2. The molecule has 2 aliphatic rings. The van der Waals surface area contributed by atoms with Gasteiger partial charge in [0.25, 0.3) is 11.8 Å². The number of methoxy groups -OCH3 is 1. The van der Waals surface area contributed by atoms with E-state index in [4.69, 9.17) is 9.47 Å². The minimum atomic E-state index is -0.324. The van der Waals surface area contributed by atoms with E-state index in [1.165, 1.54) is 4.90 Å². The number of benzene rings is 2. The van der Waals surface area contributed by atoms with Crippen LogP contribution in [-0.2, 0) is 9.59 Å². The molecule has 0 unspecified atom stereocenters. The van der Waals surface area contributed by atoms with Crippen molar-refractivity contribution in [3.8, 4) is 11.5 Å². The topological polar surface area (TPSA) is 59.1 Å². The molecule has 0 N–H and O–H groups in total. The Hall–Kier alpha value is -3.28. The van der Waals surface area contributed by atoms with Crippen LogP contribution in [0.25, 0.3) is 5.57 Å². The van der Waals surface area contributed by atoms with Gasteiger partial charge in [0.2, 0.25) is 0 Å². The van der Waals surface area contributed by atoms with E-state index >= 15 is 0 Å². The van der Waals surface area contributed by atoms with Crippen LogP contribution in [0.4, 0.5) is 5.69 Å². The first kappa shape index (κ1) is 21.0. The summed E-state index contributed by atoms with van der Waals surface area (Å²) in [6.07, 6.45) is 3.07. The van der Waals surface area contributed by atoms with E-state index in [0.29, 0.717) is 34.0 Å². The van der Waals surface area contributed by atoms with Crippen molar-refractivity contribution in [2.75, 3.05) is 25.1 Å². The molecule has 1 fully saturated rings. The summed E-state index contributed by atoms with van der Waals surface area (Å²) in [5, 5.41) is 0. The summed E-state index contributed by atoms with van der Waals surface area (Å²) >= 11 is 0. The van der Waals surface area contributed by atoms with Crippen molar-refractivity contribution in [1.29, 1.82) is 0 Å². The molecular formula is C25H28N2O4. The van der Waals surface area contributed by atoms with Crippen LogP contribution in [0, 0.1) is 0 Å². The molecule has 6 nitrogen and oxygen atoms in total. The highest BCUT2D eigenvalue weighted by molar-refractivity contribution is 6.45. The lowest BCUT2D eigenvalue weighted by atomic mass is 10.0. The fraction of sp³-hybridized carbons (Fsp3) is 0.360. The number of carbonyl (C=O) groups excluding carboxylic acids is 2. The molecule has 162 valence electrons. The SMILES string of the molecule is COc1ccc(C2=C(N3CCCCC3)C(=O)N(c3ccccc3OC(C)C)C2=O)cc1. The van der Waals surface area contributed by atoms with Crippen molar-refractivity contribution < 1.29 is 19.1 Å². The van der Waals surface area contributed by atoms with Crippen molar-refractivity contribution in [1.82, 2.24) is 4.90 Å². The molecular weight excluding hydrogens is 392 g/mol. The first-order valence-electron chi connectivity index (χ1n) is 10.8. The molecule has 2 heterocycles. The number of rotatable bonds is 6. The van der Waals surface area contributed by atoms with Gasteiger partial charge in [-0.2, -0.15) is 0 Å². The van der Waals surface area contributed by atoms with Crippen molar-refractivity contribution in [3.05, 3.63) is 59.8 Å². The van der Waals surface area contributed by atoms with E-state index in [1.54, 1.807) is 19.2 Å². The number of para-hydroxylation sites is 2. The third-order valence-corrected chi connectivity index (χ3v) is 5.58. The summed E-state index contributed by atoms with van der Waals surface area (Å²) in [6, 6.07) is 14.5. The van der Waals surface area contributed by atoms with Crippen molar-refractivity contribution in [2.24, 2.45) is 0 Å². The normalized spacial score (nSPS) is 17.0. The van der Waals surface area contributed by atoms with Crippen LogP contribution in [-0.4, -0.2) is 43.0 Å². The van der Waals surface area contributed by atoms with Crippen LogP contribution in [0.3, 0.4) is 0 Å². The Morgan fingerprint density at radius 2 is 1.55 bits per heavy atom. The number of likely N-dealkylation sites (tertiary alicyclic amines) is 1. The molecule has 0 atom stereocenters. The number of ether oxygens (including phenoxy) is 2.